The van der Waals surface area contributed by atoms with Gasteiger partial charge in [-0.1, -0.05) is 0 Å². The van der Waals surface area contributed by atoms with Gasteiger partial charge in [0.25, 0.3) is 0 Å². The summed E-state index contributed by atoms with van der Waals surface area (Å²) in [4.78, 5) is 32.9. The molecule has 3 N–H and O–H groups in total. The molecule has 2 atom stereocenters. The van der Waals surface area contributed by atoms with Gasteiger partial charge >= 0.3 is 11.9 Å². The lowest BCUT2D eigenvalue weighted by Gasteiger charge is -2.19. The molecule has 0 bridgehead atoms. The van der Waals surface area contributed by atoms with Gasteiger partial charge < -0.3 is 20.3 Å². The van der Waals surface area contributed by atoms with Crippen LogP contribution in [0.25, 0.3) is 0 Å². The van der Waals surface area contributed by atoms with Crippen LogP contribution < -0.4 is 5.73 Å². The van der Waals surface area contributed by atoms with Gasteiger partial charge in [-0.05, 0) is 46.1 Å². The van der Waals surface area contributed by atoms with Gasteiger partial charge in [0, 0.05) is 5.57 Å². The van der Waals surface area contributed by atoms with E-state index in [9.17, 15) is 19.5 Å². The first-order valence-electron chi connectivity index (χ1n) is 8.05. The fourth-order valence-electron chi connectivity index (χ4n) is 2.06. The van der Waals surface area contributed by atoms with Crippen LogP contribution in [0.1, 0.15) is 40.0 Å². The number of rotatable bonds is 3. The van der Waals surface area contributed by atoms with Crippen molar-refractivity contribution in [2.75, 3.05) is 7.11 Å². The van der Waals surface area contributed by atoms with Gasteiger partial charge in [0.1, 0.15) is 5.60 Å². The van der Waals surface area contributed by atoms with Crippen molar-refractivity contribution in [2.45, 2.75) is 51.7 Å². The highest BCUT2D eigenvalue weighted by atomic mass is 16.6. The highest BCUT2D eigenvalue weighted by Gasteiger charge is 2.34. The Balaban J connectivity index is 0.000000430. The van der Waals surface area contributed by atoms with Crippen molar-refractivity contribution in [3.05, 3.63) is 24.8 Å². The van der Waals surface area contributed by atoms with E-state index in [4.69, 9.17) is 10.5 Å². The van der Waals surface area contributed by atoms with Gasteiger partial charge in [-0.15, -0.1) is 13.2 Å². The van der Waals surface area contributed by atoms with Crippen LogP contribution in [0.2, 0.25) is 0 Å². The summed E-state index contributed by atoms with van der Waals surface area (Å²) in [5.41, 5.74) is 4.89. The fourth-order valence-corrected chi connectivity index (χ4v) is 2.06. The molecule has 2 aliphatic rings. The molecule has 0 spiro atoms. The van der Waals surface area contributed by atoms with Crippen LogP contribution in [-0.2, 0) is 23.9 Å². The fraction of sp³-hybridized carbons (Fsp3) is 0.611. The molecular formula is C18H29NO6. The van der Waals surface area contributed by atoms with E-state index >= 15 is 0 Å². The van der Waals surface area contributed by atoms with Gasteiger partial charge in [0.15, 0.2) is 0 Å². The molecule has 25 heavy (non-hydrogen) atoms. The summed E-state index contributed by atoms with van der Waals surface area (Å²) >= 11 is 0. The van der Waals surface area contributed by atoms with Crippen LogP contribution in [0.4, 0.5) is 0 Å². The summed E-state index contributed by atoms with van der Waals surface area (Å²) in [5, 5.41) is 9.17. The van der Waals surface area contributed by atoms with Crippen LogP contribution in [0.5, 0.6) is 0 Å². The Kier molecular flexibility index (Phi) is 9.12. The number of aliphatic hydroxyl groups excluding tert-OH is 1. The number of esters is 2. The normalized spacial score (nSPS) is 21.6. The lowest BCUT2D eigenvalue weighted by molar-refractivity contribution is -0.156. The first-order chi connectivity index (χ1) is 11.5. The first kappa shape index (κ1) is 22.9. The van der Waals surface area contributed by atoms with Crippen molar-refractivity contribution in [2.24, 2.45) is 17.6 Å². The third-order valence-corrected chi connectivity index (χ3v) is 3.31. The number of methoxy groups -OCH3 is 1. The summed E-state index contributed by atoms with van der Waals surface area (Å²) in [6.45, 7) is 11.7. The number of hydrogen-bond donors (Lipinski definition) is 2. The predicted octanol–water partition coefficient (Wildman–Crippen LogP) is 1.49. The SMILES string of the molecule is C=C.CC(C)(C)OC(=O)C1CC1.COC(=O)C1=CC(O)CC1C(N)=O. The quantitative estimate of drug-likeness (QED) is 0.585. The number of carbonyl (C=O) groups is 3. The minimum absolute atomic E-state index is 0.0208. The summed E-state index contributed by atoms with van der Waals surface area (Å²) in [5.74, 6) is -1.75. The van der Waals surface area contributed by atoms with Crippen molar-refractivity contribution >= 4 is 17.8 Å². The number of amides is 1. The Morgan fingerprint density at radius 3 is 2.12 bits per heavy atom. The number of nitrogens with two attached hydrogens (primary N) is 1. The summed E-state index contributed by atoms with van der Waals surface area (Å²) in [6.07, 6.45) is 2.73. The minimum atomic E-state index is -0.786. The van der Waals surface area contributed by atoms with Crippen molar-refractivity contribution in [1.29, 1.82) is 0 Å². The Morgan fingerprint density at radius 1 is 1.24 bits per heavy atom. The second-order valence-corrected chi connectivity index (χ2v) is 6.68. The molecule has 1 amide bonds. The van der Waals surface area contributed by atoms with E-state index in [1.54, 1.807) is 0 Å². The highest BCUT2D eigenvalue weighted by Crippen LogP contribution is 2.31. The zero-order valence-electron chi connectivity index (χ0n) is 15.4. The Bertz CT molecular complexity index is 516. The number of hydrogen-bond acceptors (Lipinski definition) is 6. The van der Waals surface area contributed by atoms with Crippen molar-refractivity contribution in [1.82, 2.24) is 0 Å². The monoisotopic (exact) mass is 355 g/mol. The molecule has 0 aliphatic heterocycles. The van der Waals surface area contributed by atoms with E-state index in [0.29, 0.717) is 0 Å². The number of ether oxygens (including phenoxy) is 2. The van der Waals surface area contributed by atoms with Crippen LogP contribution in [-0.4, -0.2) is 41.8 Å². The molecule has 1 fully saturated rings. The molecule has 0 aromatic heterocycles. The summed E-state index contributed by atoms with van der Waals surface area (Å²) < 4.78 is 9.56. The smallest absolute Gasteiger partial charge is 0.334 e. The van der Waals surface area contributed by atoms with Gasteiger partial charge in [-0.25, -0.2) is 4.79 Å². The molecule has 0 saturated heterocycles. The maximum atomic E-state index is 11.1. The van der Waals surface area contributed by atoms with E-state index in [-0.39, 0.29) is 29.5 Å². The molecule has 142 valence electrons. The van der Waals surface area contributed by atoms with Crippen LogP contribution in [0.15, 0.2) is 24.8 Å². The predicted molar refractivity (Wildman–Crippen MR) is 93.2 cm³/mol. The molecule has 0 heterocycles. The topological polar surface area (TPSA) is 116 Å². The van der Waals surface area contributed by atoms with Crippen molar-refractivity contribution in [3.63, 3.8) is 0 Å². The molecular weight excluding hydrogens is 326 g/mol. The minimum Gasteiger partial charge on any atom is -0.466 e. The van der Waals surface area contributed by atoms with E-state index in [1.807, 2.05) is 20.8 Å². The second kappa shape index (κ2) is 9.98. The number of aliphatic hydroxyl groups is 1. The van der Waals surface area contributed by atoms with Crippen molar-refractivity contribution < 1.29 is 29.0 Å². The van der Waals surface area contributed by atoms with Gasteiger partial charge in [-0.3, -0.25) is 9.59 Å². The lowest BCUT2D eigenvalue weighted by atomic mass is 10.0. The summed E-state index contributed by atoms with van der Waals surface area (Å²) in [6, 6.07) is 0. The molecule has 2 aliphatic carbocycles. The molecule has 2 unspecified atom stereocenters. The van der Waals surface area contributed by atoms with E-state index in [2.05, 4.69) is 17.9 Å². The zero-order valence-corrected chi connectivity index (χ0v) is 15.4. The maximum Gasteiger partial charge on any atom is 0.334 e. The maximum absolute atomic E-state index is 11.1. The Hall–Kier alpha value is -2.15. The third-order valence-electron chi connectivity index (χ3n) is 3.31. The third kappa shape index (κ3) is 8.49. The Morgan fingerprint density at radius 2 is 1.76 bits per heavy atom. The molecule has 1 saturated carbocycles. The van der Waals surface area contributed by atoms with Crippen molar-refractivity contribution in [3.8, 4) is 0 Å². The second-order valence-electron chi connectivity index (χ2n) is 6.68. The molecule has 0 aromatic carbocycles. The average molecular weight is 355 g/mol. The van der Waals surface area contributed by atoms with E-state index in [1.165, 1.54) is 13.2 Å². The summed E-state index contributed by atoms with van der Waals surface area (Å²) in [7, 11) is 1.21. The first-order valence-corrected chi connectivity index (χ1v) is 8.05. The molecule has 7 nitrogen and oxygen atoms in total. The Labute approximate surface area is 148 Å². The van der Waals surface area contributed by atoms with Gasteiger partial charge in [0.2, 0.25) is 5.91 Å². The van der Waals surface area contributed by atoms with Gasteiger partial charge in [0.05, 0.1) is 25.0 Å². The van der Waals surface area contributed by atoms with E-state index in [0.717, 1.165) is 12.8 Å². The lowest BCUT2D eigenvalue weighted by Crippen LogP contribution is -2.26. The number of primary amides is 1. The zero-order chi connectivity index (χ0) is 19.8. The van der Waals surface area contributed by atoms with Crippen LogP contribution in [0.3, 0.4) is 0 Å². The molecule has 0 aromatic rings. The molecule has 0 radical (unpaired) electrons. The standard InChI is InChI=1S/C8H11NO4.C8H14O2.C2H4/c1-13-8(12)6-3-4(10)2-5(6)7(9)11;1-8(2,3)10-7(9)6-4-5-6;1-2/h3-5,10H,2H2,1H3,(H2,9,11);6H,4-5H2,1-3H3;1-2H2. The van der Waals surface area contributed by atoms with Crippen LogP contribution >= 0.6 is 0 Å². The van der Waals surface area contributed by atoms with Gasteiger partial charge in [-0.2, -0.15) is 0 Å². The molecule has 7 heteroatoms. The van der Waals surface area contributed by atoms with E-state index < -0.39 is 23.9 Å². The largest absolute Gasteiger partial charge is 0.466 e. The number of carbonyl (C=O) groups excluding carboxylic acids is 3. The molecule has 2 rings (SSSR count). The van der Waals surface area contributed by atoms with Crippen LogP contribution in [0, 0.1) is 11.8 Å². The highest BCUT2D eigenvalue weighted by molar-refractivity contribution is 5.97. The average Bonchev–Trinajstić information content (AvgIpc) is 3.30.